The number of carbonyl (C=O) groups is 1. The van der Waals surface area contributed by atoms with Gasteiger partial charge in [0.05, 0.1) is 30.5 Å². The van der Waals surface area contributed by atoms with Crippen LogP contribution in [0.2, 0.25) is 0 Å². The first-order valence-electron chi connectivity index (χ1n) is 10.9. The number of nitrogens with zero attached hydrogens (tertiary/aromatic N) is 6. The molecule has 2 aromatic heterocycles. The number of methoxy groups -OCH3 is 1. The largest absolute Gasteiger partial charge is 0.494 e. The number of fused-ring (bicyclic) bond motifs is 3. The molecule has 32 heavy (non-hydrogen) atoms. The Morgan fingerprint density at radius 1 is 1.28 bits per heavy atom. The molecule has 5 rings (SSSR count). The number of ether oxygens (including phenoxy) is 1. The summed E-state index contributed by atoms with van der Waals surface area (Å²) in [6.07, 6.45) is 6.28. The van der Waals surface area contributed by atoms with Gasteiger partial charge in [0.25, 0.3) is 0 Å². The summed E-state index contributed by atoms with van der Waals surface area (Å²) in [7, 11) is 3.48. The van der Waals surface area contributed by atoms with Crippen molar-refractivity contribution < 1.29 is 9.53 Å². The Labute approximate surface area is 187 Å². The monoisotopic (exact) mass is 433 g/mol. The number of aryl methyl sites for hydroxylation is 2. The predicted molar refractivity (Wildman–Crippen MR) is 123 cm³/mol. The van der Waals surface area contributed by atoms with Crippen LogP contribution in [-0.4, -0.2) is 52.2 Å². The van der Waals surface area contributed by atoms with E-state index in [-0.39, 0.29) is 11.9 Å². The molecule has 1 amide bonds. The van der Waals surface area contributed by atoms with Gasteiger partial charge in [-0.25, -0.2) is 9.97 Å². The van der Waals surface area contributed by atoms with E-state index < -0.39 is 0 Å². The molecule has 0 aliphatic carbocycles. The van der Waals surface area contributed by atoms with Crippen molar-refractivity contribution in [3.8, 4) is 11.4 Å². The maximum atomic E-state index is 12.8. The zero-order chi connectivity index (χ0) is 22.4. The zero-order valence-electron chi connectivity index (χ0n) is 18.8. The van der Waals surface area contributed by atoms with Crippen LogP contribution in [0.1, 0.15) is 31.2 Å². The second kappa shape index (κ2) is 7.81. The van der Waals surface area contributed by atoms with Gasteiger partial charge >= 0.3 is 0 Å². The molecule has 1 unspecified atom stereocenters. The number of hydrogen-bond donors (Lipinski definition) is 1. The number of amides is 1. The van der Waals surface area contributed by atoms with Gasteiger partial charge in [-0.05, 0) is 38.3 Å². The molecule has 1 saturated heterocycles. The average Bonchev–Trinajstić information content (AvgIpc) is 3.46. The van der Waals surface area contributed by atoms with Gasteiger partial charge in [-0.1, -0.05) is 6.92 Å². The van der Waals surface area contributed by atoms with Crippen molar-refractivity contribution in [3.63, 3.8) is 0 Å². The summed E-state index contributed by atoms with van der Waals surface area (Å²) in [6.45, 7) is 4.84. The number of likely N-dealkylation sites (N-methyl/N-ethyl adjacent to an activating group) is 1. The van der Waals surface area contributed by atoms with Gasteiger partial charge in [-0.3, -0.25) is 4.79 Å². The Morgan fingerprint density at radius 3 is 2.84 bits per heavy atom. The molecule has 3 aromatic rings. The first-order valence-corrected chi connectivity index (χ1v) is 10.9. The van der Waals surface area contributed by atoms with Crippen molar-refractivity contribution in [3.05, 3.63) is 42.1 Å². The van der Waals surface area contributed by atoms with Crippen molar-refractivity contribution in [1.82, 2.24) is 19.5 Å². The number of carbonyl (C=O) groups excluding carboxylic acids is 1. The van der Waals surface area contributed by atoms with Crippen molar-refractivity contribution in [1.29, 1.82) is 0 Å². The molecular weight excluding hydrogens is 406 g/mol. The Morgan fingerprint density at radius 2 is 2.12 bits per heavy atom. The van der Waals surface area contributed by atoms with Crippen LogP contribution in [0.3, 0.4) is 0 Å². The number of rotatable bonds is 5. The third kappa shape index (κ3) is 3.24. The lowest BCUT2D eigenvalue weighted by atomic mass is 10.1. The minimum absolute atomic E-state index is 0.127. The molecule has 0 radical (unpaired) electrons. The fourth-order valence-electron chi connectivity index (χ4n) is 4.60. The van der Waals surface area contributed by atoms with Gasteiger partial charge in [0.15, 0.2) is 5.82 Å². The lowest BCUT2D eigenvalue weighted by molar-refractivity contribution is -0.119. The highest BCUT2D eigenvalue weighted by Gasteiger charge is 2.41. The van der Waals surface area contributed by atoms with E-state index in [2.05, 4.69) is 15.2 Å². The van der Waals surface area contributed by atoms with Crippen LogP contribution in [0.15, 0.2) is 30.7 Å². The molecule has 2 aliphatic heterocycles. The standard InChI is InChI=1S/C23H27N7O2/c1-5-16-20-21(30-10-6-7-18(30)22(31)28(20)3)27-23(26-16)25-15-8-9-17(19(11-15)32-4)29-12-14(2)24-13-29/h8-9,11-13,18H,5-7,10H2,1-4H3,(H,25,26,27). The first-order chi connectivity index (χ1) is 15.5. The second-order valence-corrected chi connectivity index (χ2v) is 8.20. The van der Waals surface area contributed by atoms with Gasteiger partial charge in [0.1, 0.15) is 17.5 Å². The van der Waals surface area contributed by atoms with E-state index in [9.17, 15) is 4.79 Å². The molecule has 1 N–H and O–H groups in total. The van der Waals surface area contributed by atoms with E-state index >= 15 is 0 Å². The molecule has 0 bridgehead atoms. The predicted octanol–water partition coefficient (Wildman–Crippen LogP) is 3.23. The summed E-state index contributed by atoms with van der Waals surface area (Å²) in [4.78, 5) is 30.6. The number of benzene rings is 1. The quantitative estimate of drug-likeness (QED) is 0.661. The third-order valence-electron chi connectivity index (χ3n) is 6.17. The molecule has 4 heterocycles. The highest BCUT2D eigenvalue weighted by Crippen LogP contribution is 2.41. The SMILES string of the molecule is CCc1nc(Nc2ccc(-n3cnc(C)c3)c(OC)c2)nc2c1N(C)C(=O)C1CCCN21. The van der Waals surface area contributed by atoms with Crippen molar-refractivity contribution in [2.75, 3.05) is 35.8 Å². The lowest BCUT2D eigenvalue weighted by Crippen LogP contribution is -2.50. The second-order valence-electron chi connectivity index (χ2n) is 8.20. The number of anilines is 4. The molecule has 1 aromatic carbocycles. The van der Waals surface area contributed by atoms with E-state index in [1.807, 2.05) is 49.9 Å². The van der Waals surface area contributed by atoms with Gasteiger partial charge in [0.2, 0.25) is 11.9 Å². The highest BCUT2D eigenvalue weighted by molar-refractivity contribution is 6.05. The summed E-state index contributed by atoms with van der Waals surface area (Å²) < 4.78 is 7.56. The van der Waals surface area contributed by atoms with E-state index in [0.29, 0.717) is 18.1 Å². The molecule has 9 nitrogen and oxygen atoms in total. The summed E-state index contributed by atoms with van der Waals surface area (Å²) in [5, 5.41) is 3.34. The summed E-state index contributed by atoms with van der Waals surface area (Å²) in [6, 6.07) is 5.74. The summed E-state index contributed by atoms with van der Waals surface area (Å²) in [5.74, 6) is 2.19. The van der Waals surface area contributed by atoms with E-state index in [0.717, 1.165) is 53.7 Å². The fraction of sp³-hybridized carbons (Fsp3) is 0.391. The van der Waals surface area contributed by atoms with Crippen LogP contribution >= 0.6 is 0 Å². The topological polar surface area (TPSA) is 88.4 Å². The smallest absolute Gasteiger partial charge is 0.249 e. The van der Waals surface area contributed by atoms with Crippen LogP contribution in [-0.2, 0) is 11.2 Å². The zero-order valence-corrected chi connectivity index (χ0v) is 18.8. The molecular formula is C23H27N7O2. The summed E-state index contributed by atoms with van der Waals surface area (Å²) in [5.41, 5.74) is 4.34. The highest BCUT2D eigenvalue weighted by atomic mass is 16.5. The number of aromatic nitrogens is 4. The Balaban J connectivity index is 1.51. The molecule has 1 fully saturated rings. The van der Waals surface area contributed by atoms with Crippen LogP contribution in [0.4, 0.5) is 23.1 Å². The van der Waals surface area contributed by atoms with Crippen LogP contribution in [0.25, 0.3) is 5.69 Å². The minimum atomic E-state index is -0.127. The Bertz CT molecular complexity index is 1190. The minimum Gasteiger partial charge on any atom is -0.494 e. The lowest BCUT2D eigenvalue weighted by Gasteiger charge is -2.37. The van der Waals surface area contributed by atoms with Crippen molar-refractivity contribution in [2.24, 2.45) is 0 Å². The normalized spacial score (nSPS) is 17.4. The molecule has 166 valence electrons. The van der Waals surface area contributed by atoms with Crippen molar-refractivity contribution in [2.45, 2.75) is 39.2 Å². The van der Waals surface area contributed by atoms with Crippen LogP contribution < -0.4 is 19.9 Å². The Hall–Kier alpha value is -3.62. The van der Waals surface area contributed by atoms with Gasteiger partial charge in [-0.15, -0.1) is 0 Å². The molecule has 2 aliphatic rings. The molecule has 9 heteroatoms. The molecule has 0 saturated carbocycles. The maximum absolute atomic E-state index is 12.8. The fourth-order valence-corrected chi connectivity index (χ4v) is 4.60. The maximum Gasteiger partial charge on any atom is 0.249 e. The van der Waals surface area contributed by atoms with Gasteiger partial charge in [-0.2, -0.15) is 4.98 Å². The van der Waals surface area contributed by atoms with E-state index in [4.69, 9.17) is 14.7 Å². The van der Waals surface area contributed by atoms with E-state index in [1.165, 1.54) is 0 Å². The number of hydrogen-bond acceptors (Lipinski definition) is 7. The first kappa shape index (κ1) is 20.3. The Kier molecular flexibility index (Phi) is 4.96. The van der Waals surface area contributed by atoms with Gasteiger partial charge < -0.3 is 24.4 Å². The van der Waals surface area contributed by atoms with Gasteiger partial charge in [0, 0.05) is 31.5 Å². The average molecular weight is 434 g/mol. The van der Waals surface area contributed by atoms with Crippen LogP contribution in [0.5, 0.6) is 5.75 Å². The van der Waals surface area contributed by atoms with E-state index in [1.54, 1.807) is 18.3 Å². The molecule has 0 spiro atoms. The van der Waals surface area contributed by atoms with Crippen LogP contribution in [0, 0.1) is 6.92 Å². The molecule has 1 atom stereocenters. The summed E-state index contributed by atoms with van der Waals surface area (Å²) >= 11 is 0. The number of imidazole rings is 1. The van der Waals surface area contributed by atoms with Crippen molar-refractivity contribution >= 4 is 29.0 Å². The number of nitrogens with one attached hydrogen (secondary N) is 1. The third-order valence-corrected chi connectivity index (χ3v) is 6.17.